The molecule has 1 rings (SSSR count). The van der Waals surface area contributed by atoms with Crippen molar-refractivity contribution in [1.82, 2.24) is 0 Å². The van der Waals surface area contributed by atoms with Gasteiger partial charge in [0.25, 0.3) is 0 Å². The van der Waals surface area contributed by atoms with Crippen molar-refractivity contribution in [3.05, 3.63) is 29.3 Å². The van der Waals surface area contributed by atoms with Gasteiger partial charge in [0.05, 0.1) is 18.8 Å². The number of rotatable bonds is 4. The fourth-order valence-electron chi connectivity index (χ4n) is 1.81. The van der Waals surface area contributed by atoms with Gasteiger partial charge in [-0.2, -0.15) is 0 Å². The van der Waals surface area contributed by atoms with Crippen LogP contribution in [0.2, 0.25) is 0 Å². The van der Waals surface area contributed by atoms with E-state index in [0.717, 1.165) is 16.9 Å². The first-order valence-corrected chi connectivity index (χ1v) is 5.93. The molecule has 0 aliphatic heterocycles. The molecule has 0 saturated heterocycles. The van der Waals surface area contributed by atoms with E-state index < -0.39 is 11.6 Å². The van der Waals surface area contributed by atoms with Gasteiger partial charge in [-0.05, 0) is 37.0 Å². The van der Waals surface area contributed by atoms with Gasteiger partial charge < -0.3 is 15.6 Å². The molecular formula is C14H23NO2. The first-order chi connectivity index (χ1) is 7.77. The molecule has 0 radical (unpaired) electrons. The Morgan fingerprint density at radius 1 is 1.29 bits per heavy atom. The van der Waals surface area contributed by atoms with E-state index in [4.69, 9.17) is 10.5 Å². The topological polar surface area (TPSA) is 55.5 Å². The van der Waals surface area contributed by atoms with Crippen molar-refractivity contribution >= 4 is 0 Å². The molecule has 0 spiro atoms. The van der Waals surface area contributed by atoms with Crippen LogP contribution >= 0.6 is 0 Å². The molecule has 1 aromatic rings. The molecule has 3 N–H and O–H groups in total. The lowest BCUT2D eigenvalue weighted by molar-refractivity contribution is 0.0517. The molecule has 0 fully saturated rings. The third kappa shape index (κ3) is 3.20. The highest BCUT2D eigenvalue weighted by Gasteiger charge is 2.25. The second kappa shape index (κ2) is 5.07. The van der Waals surface area contributed by atoms with Crippen molar-refractivity contribution in [3.8, 4) is 5.75 Å². The van der Waals surface area contributed by atoms with Gasteiger partial charge in [0.15, 0.2) is 0 Å². The summed E-state index contributed by atoms with van der Waals surface area (Å²) in [7, 11) is 1.66. The highest BCUT2D eigenvalue weighted by atomic mass is 16.5. The van der Waals surface area contributed by atoms with E-state index in [1.807, 2.05) is 18.2 Å². The van der Waals surface area contributed by atoms with Gasteiger partial charge in [0, 0.05) is 0 Å². The number of nitrogens with two attached hydrogens (primary N) is 1. The van der Waals surface area contributed by atoms with E-state index in [-0.39, 0.29) is 0 Å². The lowest BCUT2D eigenvalue weighted by Crippen LogP contribution is -2.35. The quantitative estimate of drug-likeness (QED) is 0.846. The molecule has 0 aliphatic carbocycles. The number of hydrogen-bond donors (Lipinski definition) is 2. The van der Waals surface area contributed by atoms with Crippen molar-refractivity contribution < 1.29 is 9.84 Å². The molecule has 0 saturated carbocycles. The van der Waals surface area contributed by atoms with Crippen LogP contribution in [0.5, 0.6) is 5.75 Å². The number of benzene rings is 1. The van der Waals surface area contributed by atoms with Gasteiger partial charge in [-0.1, -0.05) is 26.0 Å². The van der Waals surface area contributed by atoms with E-state index >= 15 is 0 Å². The Bertz CT molecular complexity index is 380. The Kier molecular flexibility index (Phi) is 4.17. The smallest absolute Gasteiger partial charge is 0.122 e. The van der Waals surface area contributed by atoms with Gasteiger partial charge in [0.1, 0.15) is 5.75 Å². The van der Waals surface area contributed by atoms with Crippen LogP contribution in [-0.2, 0) is 0 Å². The molecule has 1 atom stereocenters. The lowest BCUT2D eigenvalue weighted by atomic mass is 9.89. The van der Waals surface area contributed by atoms with Crippen molar-refractivity contribution in [2.24, 2.45) is 5.73 Å². The van der Waals surface area contributed by atoms with E-state index in [1.165, 1.54) is 0 Å². The molecular weight excluding hydrogens is 214 g/mol. The van der Waals surface area contributed by atoms with Gasteiger partial charge in [-0.25, -0.2) is 0 Å². The molecule has 17 heavy (non-hydrogen) atoms. The monoisotopic (exact) mass is 237 g/mol. The number of aliphatic hydroxyl groups is 1. The van der Waals surface area contributed by atoms with Crippen molar-refractivity contribution in [1.29, 1.82) is 0 Å². The number of ether oxygens (including phenoxy) is 1. The molecule has 0 aromatic heterocycles. The molecule has 0 heterocycles. The van der Waals surface area contributed by atoms with E-state index in [2.05, 4.69) is 13.8 Å². The molecule has 0 aliphatic rings. The van der Waals surface area contributed by atoms with Crippen molar-refractivity contribution in [2.75, 3.05) is 7.11 Å². The summed E-state index contributed by atoms with van der Waals surface area (Å²) in [5.74, 6) is 1.23. The third-order valence-corrected chi connectivity index (χ3v) is 3.00. The fourth-order valence-corrected chi connectivity index (χ4v) is 1.81. The largest absolute Gasteiger partial charge is 0.496 e. The average molecular weight is 237 g/mol. The van der Waals surface area contributed by atoms with Crippen LogP contribution < -0.4 is 10.5 Å². The summed E-state index contributed by atoms with van der Waals surface area (Å²) in [6, 6.07) is 5.45. The summed E-state index contributed by atoms with van der Waals surface area (Å²) in [6.07, 6.45) is 0. The Morgan fingerprint density at radius 2 is 1.88 bits per heavy atom. The molecule has 1 unspecified atom stereocenters. The van der Waals surface area contributed by atoms with E-state index in [0.29, 0.717) is 5.92 Å². The second-order valence-electron chi connectivity index (χ2n) is 5.29. The summed E-state index contributed by atoms with van der Waals surface area (Å²) in [4.78, 5) is 0. The molecule has 0 amide bonds. The minimum absolute atomic E-state index is 0.360. The zero-order chi connectivity index (χ0) is 13.2. The zero-order valence-electron chi connectivity index (χ0n) is 11.3. The van der Waals surface area contributed by atoms with Crippen molar-refractivity contribution in [2.45, 2.75) is 45.3 Å². The molecule has 3 nitrogen and oxygen atoms in total. The molecule has 1 aromatic carbocycles. The summed E-state index contributed by atoms with van der Waals surface area (Å²) < 4.78 is 5.32. The Hall–Kier alpha value is -1.06. The Labute approximate surface area is 104 Å². The SMILES string of the molecule is COc1ccc(C(N)C(C)(C)O)cc1C(C)C. The maximum atomic E-state index is 9.94. The first-order valence-electron chi connectivity index (χ1n) is 5.93. The van der Waals surface area contributed by atoms with Crippen LogP contribution in [0.4, 0.5) is 0 Å². The standard InChI is InChI=1S/C14H23NO2/c1-9(2)11-8-10(6-7-12(11)17-5)13(15)14(3,4)16/h6-9,13,16H,15H2,1-5H3. The maximum absolute atomic E-state index is 9.94. The zero-order valence-corrected chi connectivity index (χ0v) is 11.3. The average Bonchev–Trinajstić information content (AvgIpc) is 2.25. The van der Waals surface area contributed by atoms with Crippen LogP contribution in [-0.4, -0.2) is 17.8 Å². The van der Waals surface area contributed by atoms with Gasteiger partial charge in [0.2, 0.25) is 0 Å². The van der Waals surface area contributed by atoms with E-state index in [9.17, 15) is 5.11 Å². The summed E-state index contributed by atoms with van der Waals surface area (Å²) in [5.41, 5.74) is 7.16. The van der Waals surface area contributed by atoms with Gasteiger partial charge in [-0.3, -0.25) is 0 Å². The normalized spacial score (nSPS) is 13.9. The molecule has 96 valence electrons. The fraction of sp³-hybridized carbons (Fsp3) is 0.571. The summed E-state index contributed by atoms with van der Waals surface area (Å²) >= 11 is 0. The van der Waals surface area contributed by atoms with Gasteiger partial charge >= 0.3 is 0 Å². The van der Waals surface area contributed by atoms with Gasteiger partial charge in [-0.15, -0.1) is 0 Å². The van der Waals surface area contributed by atoms with Crippen LogP contribution in [0.25, 0.3) is 0 Å². The minimum Gasteiger partial charge on any atom is -0.496 e. The second-order valence-corrected chi connectivity index (χ2v) is 5.29. The van der Waals surface area contributed by atoms with Crippen LogP contribution in [0.3, 0.4) is 0 Å². The highest BCUT2D eigenvalue weighted by Crippen LogP contribution is 2.31. The third-order valence-electron chi connectivity index (χ3n) is 3.00. The van der Waals surface area contributed by atoms with Crippen LogP contribution in [0, 0.1) is 0 Å². The summed E-state index contributed by atoms with van der Waals surface area (Å²) in [5, 5.41) is 9.94. The number of methoxy groups -OCH3 is 1. The first kappa shape index (κ1) is 14.0. The Morgan fingerprint density at radius 3 is 2.29 bits per heavy atom. The van der Waals surface area contributed by atoms with Crippen molar-refractivity contribution in [3.63, 3.8) is 0 Å². The molecule has 0 bridgehead atoms. The summed E-state index contributed by atoms with van der Waals surface area (Å²) in [6.45, 7) is 7.66. The number of hydrogen-bond acceptors (Lipinski definition) is 3. The lowest BCUT2D eigenvalue weighted by Gasteiger charge is -2.27. The predicted molar refractivity (Wildman–Crippen MR) is 70.3 cm³/mol. The molecule has 3 heteroatoms. The minimum atomic E-state index is -0.928. The highest BCUT2D eigenvalue weighted by molar-refractivity contribution is 5.40. The van der Waals surface area contributed by atoms with E-state index in [1.54, 1.807) is 21.0 Å². The predicted octanol–water partition coefficient (Wildman–Crippen LogP) is 2.59. The van der Waals surface area contributed by atoms with Crippen LogP contribution in [0.1, 0.15) is 50.8 Å². The Balaban J connectivity index is 3.17. The van der Waals surface area contributed by atoms with Crippen LogP contribution in [0.15, 0.2) is 18.2 Å². The maximum Gasteiger partial charge on any atom is 0.122 e.